The summed E-state index contributed by atoms with van der Waals surface area (Å²) < 4.78 is 5.60. The summed E-state index contributed by atoms with van der Waals surface area (Å²) in [5.74, 6) is 0.657. The van der Waals surface area contributed by atoms with E-state index in [1.54, 1.807) is 0 Å². The molecule has 5 heteroatoms. The molecule has 0 aromatic heterocycles. The van der Waals surface area contributed by atoms with Crippen LogP contribution in [0.2, 0.25) is 5.02 Å². The first kappa shape index (κ1) is 17.6. The van der Waals surface area contributed by atoms with Crippen molar-refractivity contribution >= 4 is 17.6 Å². The lowest BCUT2D eigenvalue weighted by atomic mass is 10.2. The van der Waals surface area contributed by atoms with E-state index in [0.717, 1.165) is 31.5 Å². The van der Waals surface area contributed by atoms with Crippen molar-refractivity contribution in [2.45, 2.75) is 33.6 Å². The third kappa shape index (κ3) is 6.25. The third-order valence-corrected chi connectivity index (χ3v) is 3.31. The number of amides is 2. The van der Waals surface area contributed by atoms with Crippen molar-refractivity contribution in [3.05, 3.63) is 28.8 Å². The molecule has 0 bridgehead atoms. The van der Waals surface area contributed by atoms with Crippen LogP contribution in [-0.4, -0.2) is 37.2 Å². The maximum Gasteiger partial charge on any atom is 0.317 e. The monoisotopic (exact) mass is 312 g/mol. The van der Waals surface area contributed by atoms with E-state index in [1.807, 2.05) is 30.0 Å². The highest BCUT2D eigenvalue weighted by atomic mass is 35.5. The van der Waals surface area contributed by atoms with E-state index in [9.17, 15) is 4.79 Å². The molecule has 21 heavy (non-hydrogen) atoms. The lowest BCUT2D eigenvalue weighted by molar-refractivity contribution is 0.194. The van der Waals surface area contributed by atoms with Crippen LogP contribution in [0.5, 0.6) is 5.75 Å². The molecule has 4 nitrogen and oxygen atoms in total. The Hall–Kier alpha value is -1.42. The Balaban J connectivity index is 2.35. The van der Waals surface area contributed by atoms with Crippen LogP contribution in [0.1, 0.15) is 32.3 Å². The molecular weight excluding hydrogens is 288 g/mol. The summed E-state index contributed by atoms with van der Waals surface area (Å²) in [6.07, 6.45) is 1.92. The second kappa shape index (κ2) is 9.50. The lowest BCUT2D eigenvalue weighted by Gasteiger charge is -2.21. The van der Waals surface area contributed by atoms with Gasteiger partial charge in [0.1, 0.15) is 12.4 Å². The molecule has 0 aliphatic heterocycles. The van der Waals surface area contributed by atoms with Gasteiger partial charge in [0, 0.05) is 13.1 Å². The average molecular weight is 313 g/mol. The number of carbonyl (C=O) groups is 1. The first-order valence-corrected chi connectivity index (χ1v) is 7.88. The molecule has 1 rings (SSSR count). The van der Waals surface area contributed by atoms with Crippen molar-refractivity contribution in [2.75, 3.05) is 26.2 Å². The highest BCUT2D eigenvalue weighted by Gasteiger charge is 2.10. The number of rotatable bonds is 8. The van der Waals surface area contributed by atoms with Gasteiger partial charge in [-0.15, -0.1) is 0 Å². The average Bonchev–Trinajstić information content (AvgIpc) is 2.46. The van der Waals surface area contributed by atoms with Gasteiger partial charge in [0.15, 0.2) is 0 Å². The number of hydrogen-bond donors (Lipinski definition) is 1. The molecule has 0 atom stereocenters. The van der Waals surface area contributed by atoms with Crippen LogP contribution >= 0.6 is 11.6 Å². The van der Waals surface area contributed by atoms with Gasteiger partial charge in [0.05, 0.1) is 11.6 Å². The van der Waals surface area contributed by atoms with Crippen LogP contribution in [0.25, 0.3) is 0 Å². The second-order valence-corrected chi connectivity index (χ2v) is 5.41. The predicted octanol–water partition coefficient (Wildman–Crippen LogP) is 3.86. The van der Waals surface area contributed by atoms with Gasteiger partial charge in [-0.05, 0) is 37.5 Å². The molecule has 0 saturated carbocycles. The molecule has 0 radical (unpaired) electrons. The van der Waals surface area contributed by atoms with Gasteiger partial charge in [-0.2, -0.15) is 0 Å². The quantitative estimate of drug-likeness (QED) is 0.741. The summed E-state index contributed by atoms with van der Waals surface area (Å²) >= 11 is 6.05. The Morgan fingerprint density at radius 2 is 1.95 bits per heavy atom. The first-order valence-electron chi connectivity index (χ1n) is 7.50. The number of benzene rings is 1. The van der Waals surface area contributed by atoms with Gasteiger partial charge in [-0.25, -0.2) is 4.79 Å². The number of nitrogens with one attached hydrogen (secondary N) is 1. The summed E-state index contributed by atoms with van der Waals surface area (Å²) in [6.45, 7) is 8.55. The van der Waals surface area contributed by atoms with Crippen molar-refractivity contribution in [1.29, 1.82) is 0 Å². The van der Waals surface area contributed by atoms with Crippen molar-refractivity contribution < 1.29 is 9.53 Å². The van der Waals surface area contributed by atoms with Gasteiger partial charge >= 0.3 is 6.03 Å². The zero-order chi connectivity index (χ0) is 15.7. The number of halogens is 1. The van der Waals surface area contributed by atoms with E-state index in [1.165, 1.54) is 0 Å². The summed E-state index contributed by atoms with van der Waals surface area (Å²) in [5, 5.41) is 3.46. The second-order valence-electron chi connectivity index (χ2n) is 5.00. The summed E-state index contributed by atoms with van der Waals surface area (Å²) in [4.78, 5) is 13.8. The molecule has 118 valence electrons. The Morgan fingerprint density at radius 3 is 2.57 bits per heavy atom. The Kier molecular flexibility index (Phi) is 7.98. The largest absolute Gasteiger partial charge is 0.490 e. The van der Waals surface area contributed by atoms with Gasteiger partial charge in [-0.3, -0.25) is 0 Å². The molecule has 0 spiro atoms. The minimum Gasteiger partial charge on any atom is -0.490 e. The fourth-order valence-electron chi connectivity index (χ4n) is 2.01. The van der Waals surface area contributed by atoms with Crippen molar-refractivity contribution in [1.82, 2.24) is 10.2 Å². The Labute approximate surface area is 132 Å². The van der Waals surface area contributed by atoms with Crippen molar-refractivity contribution in [2.24, 2.45) is 0 Å². The molecule has 1 N–H and O–H groups in total. The Morgan fingerprint density at radius 1 is 1.29 bits per heavy atom. The molecule has 0 aliphatic rings. The zero-order valence-electron chi connectivity index (χ0n) is 13.1. The zero-order valence-corrected chi connectivity index (χ0v) is 13.9. The van der Waals surface area contributed by atoms with E-state index < -0.39 is 0 Å². The number of carbonyl (C=O) groups excluding carboxylic acids is 1. The Bertz CT molecular complexity index is 446. The third-order valence-electron chi connectivity index (χ3n) is 3.00. The van der Waals surface area contributed by atoms with Crippen molar-refractivity contribution in [3.8, 4) is 5.75 Å². The number of hydrogen-bond acceptors (Lipinski definition) is 2. The molecule has 1 aromatic rings. The summed E-state index contributed by atoms with van der Waals surface area (Å²) in [6, 6.07) is 5.61. The summed E-state index contributed by atoms with van der Waals surface area (Å²) in [5.41, 5.74) is 1.09. The number of ether oxygens (including phenoxy) is 1. The normalized spacial score (nSPS) is 10.3. The topological polar surface area (TPSA) is 41.6 Å². The van der Waals surface area contributed by atoms with Crippen molar-refractivity contribution in [3.63, 3.8) is 0 Å². The van der Waals surface area contributed by atoms with Gasteiger partial charge in [0.25, 0.3) is 0 Å². The van der Waals surface area contributed by atoms with Crippen LogP contribution in [0, 0.1) is 6.92 Å². The summed E-state index contributed by atoms with van der Waals surface area (Å²) in [7, 11) is 0. The predicted molar refractivity (Wildman–Crippen MR) is 87.2 cm³/mol. The van der Waals surface area contributed by atoms with Gasteiger partial charge in [-0.1, -0.05) is 31.5 Å². The van der Waals surface area contributed by atoms with E-state index in [4.69, 9.17) is 16.3 Å². The number of nitrogens with zero attached hydrogens (tertiary/aromatic N) is 1. The van der Waals surface area contributed by atoms with Crippen LogP contribution in [0.4, 0.5) is 4.79 Å². The molecule has 0 heterocycles. The molecule has 2 amide bonds. The fourth-order valence-corrected chi connectivity index (χ4v) is 2.18. The van der Waals surface area contributed by atoms with Gasteiger partial charge < -0.3 is 15.0 Å². The minimum absolute atomic E-state index is 0.0300. The van der Waals surface area contributed by atoms with E-state index >= 15 is 0 Å². The lowest BCUT2D eigenvalue weighted by Crippen LogP contribution is -2.42. The smallest absolute Gasteiger partial charge is 0.317 e. The molecule has 0 aliphatic carbocycles. The van der Waals surface area contributed by atoms with Crippen LogP contribution in [-0.2, 0) is 0 Å². The fraction of sp³-hybridized carbons (Fsp3) is 0.562. The SMILES string of the molecule is CCCN(CCC)C(=O)NCCOc1cc(C)ccc1Cl. The number of aryl methyl sites for hydroxylation is 1. The number of urea groups is 1. The molecule has 1 aromatic carbocycles. The molecule has 0 fully saturated rings. The highest BCUT2D eigenvalue weighted by Crippen LogP contribution is 2.24. The molecule has 0 unspecified atom stereocenters. The van der Waals surface area contributed by atoms with Crippen LogP contribution < -0.4 is 10.1 Å². The maximum atomic E-state index is 12.0. The van der Waals surface area contributed by atoms with E-state index in [-0.39, 0.29) is 6.03 Å². The molecular formula is C16H25ClN2O2. The first-order chi connectivity index (χ1) is 10.1. The minimum atomic E-state index is -0.0300. The highest BCUT2D eigenvalue weighted by molar-refractivity contribution is 6.32. The maximum absolute atomic E-state index is 12.0. The molecule has 0 saturated heterocycles. The van der Waals surface area contributed by atoms with E-state index in [2.05, 4.69) is 19.2 Å². The van der Waals surface area contributed by atoms with Gasteiger partial charge in [0.2, 0.25) is 0 Å². The van der Waals surface area contributed by atoms with E-state index in [0.29, 0.717) is 23.9 Å². The van der Waals surface area contributed by atoms with Crippen LogP contribution in [0.15, 0.2) is 18.2 Å². The standard InChI is InChI=1S/C16H25ClN2O2/c1-4-9-19(10-5-2)16(20)18-8-11-21-15-12-13(3)6-7-14(15)17/h6-7,12H,4-5,8-11H2,1-3H3,(H,18,20). The van der Waals surface area contributed by atoms with Crippen LogP contribution in [0.3, 0.4) is 0 Å².